The van der Waals surface area contributed by atoms with Crippen LogP contribution in [0.3, 0.4) is 0 Å². The van der Waals surface area contributed by atoms with Crippen molar-refractivity contribution < 1.29 is 22.7 Å². The number of hydrogen-bond donors (Lipinski definition) is 0. The largest absolute Gasteiger partial charge is 0.460 e. The fourth-order valence-electron chi connectivity index (χ4n) is 1.16. The van der Waals surface area contributed by atoms with Gasteiger partial charge in [-0.1, -0.05) is 6.92 Å². The van der Waals surface area contributed by atoms with Crippen LogP contribution in [-0.2, 0) is 16.1 Å². The van der Waals surface area contributed by atoms with Crippen molar-refractivity contribution in [1.82, 2.24) is 0 Å². The van der Waals surface area contributed by atoms with Gasteiger partial charge in [0, 0.05) is 5.56 Å². The average molecular weight is 260 g/mol. The minimum absolute atomic E-state index is 0.186. The first-order chi connectivity index (χ1) is 8.29. The molecule has 1 rings (SSSR count). The Balaban J connectivity index is 2.76. The number of esters is 1. The zero-order valence-corrected chi connectivity index (χ0v) is 10.5. The lowest BCUT2D eigenvalue weighted by Gasteiger charge is -2.20. The Morgan fingerprint density at radius 2 is 1.83 bits per heavy atom. The van der Waals surface area contributed by atoms with E-state index in [0.29, 0.717) is 6.42 Å². The molecule has 0 bridgehead atoms. The van der Waals surface area contributed by atoms with E-state index in [2.05, 4.69) is 0 Å². The summed E-state index contributed by atoms with van der Waals surface area (Å²) in [5.41, 5.74) is -0.871. The van der Waals surface area contributed by atoms with Crippen LogP contribution in [0.15, 0.2) is 12.1 Å². The molecule has 0 aromatic heterocycles. The molecule has 0 spiro atoms. The normalized spacial score (nSPS) is 11.4. The van der Waals surface area contributed by atoms with E-state index < -0.39 is 35.4 Å². The molecule has 0 aliphatic carbocycles. The Labute approximate surface area is 104 Å². The van der Waals surface area contributed by atoms with Crippen molar-refractivity contribution in [3.8, 4) is 0 Å². The highest BCUT2D eigenvalue weighted by atomic mass is 19.2. The average Bonchev–Trinajstić information content (AvgIpc) is 2.34. The minimum atomic E-state index is -1.56. The number of hydrogen-bond acceptors (Lipinski definition) is 2. The van der Waals surface area contributed by atoms with Crippen molar-refractivity contribution in [2.24, 2.45) is 5.41 Å². The summed E-state index contributed by atoms with van der Waals surface area (Å²) in [7, 11) is 0. The van der Waals surface area contributed by atoms with Crippen LogP contribution in [0.2, 0.25) is 0 Å². The van der Waals surface area contributed by atoms with Crippen LogP contribution in [0.4, 0.5) is 13.2 Å². The fourth-order valence-corrected chi connectivity index (χ4v) is 1.16. The van der Waals surface area contributed by atoms with Gasteiger partial charge in [-0.05, 0) is 32.4 Å². The van der Waals surface area contributed by atoms with Gasteiger partial charge in [0.25, 0.3) is 0 Å². The Kier molecular flexibility index (Phi) is 4.38. The van der Waals surface area contributed by atoms with E-state index in [0.717, 1.165) is 12.1 Å². The lowest BCUT2D eigenvalue weighted by atomic mass is 9.91. The van der Waals surface area contributed by atoms with Crippen LogP contribution in [0.25, 0.3) is 0 Å². The summed E-state index contributed by atoms with van der Waals surface area (Å²) in [5.74, 6) is -4.65. The van der Waals surface area contributed by atoms with E-state index in [1.54, 1.807) is 13.8 Å². The van der Waals surface area contributed by atoms with Gasteiger partial charge in [-0.25, -0.2) is 13.2 Å². The molecule has 0 heterocycles. The van der Waals surface area contributed by atoms with Crippen molar-refractivity contribution >= 4 is 5.97 Å². The summed E-state index contributed by atoms with van der Waals surface area (Å²) in [6.45, 7) is 4.79. The Morgan fingerprint density at radius 1 is 1.22 bits per heavy atom. The predicted octanol–water partition coefficient (Wildman–Crippen LogP) is 3.58. The molecule has 5 heteroatoms. The highest BCUT2D eigenvalue weighted by Gasteiger charge is 2.27. The monoisotopic (exact) mass is 260 g/mol. The van der Waals surface area contributed by atoms with Crippen molar-refractivity contribution in [2.45, 2.75) is 33.8 Å². The van der Waals surface area contributed by atoms with E-state index in [4.69, 9.17) is 4.74 Å². The van der Waals surface area contributed by atoms with E-state index in [9.17, 15) is 18.0 Å². The standard InChI is InChI=1S/C13H15F3O2/c1-4-13(2,3)12(17)18-7-8-5-6-9(14)11(16)10(8)15/h5-6H,4,7H2,1-3H3. The highest BCUT2D eigenvalue weighted by molar-refractivity contribution is 5.75. The summed E-state index contributed by atoms with van der Waals surface area (Å²) in [5, 5.41) is 0. The maximum atomic E-state index is 13.3. The molecule has 18 heavy (non-hydrogen) atoms. The van der Waals surface area contributed by atoms with E-state index >= 15 is 0 Å². The summed E-state index contributed by atoms with van der Waals surface area (Å²) >= 11 is 0. The molecule has 0 aliphatic rings. The molecule has 100 valence electrons. The van der Waals surface area contributed by atoms with Gasteiger partial charge in [-0.15, -0.1) is 0 Å². The summed E-state index contributed by atoms with van der Waals surface area (Å²) in [6, 6.07) is 1.85. The number of carbonyl (C=O) groups excluding carboxylic acids is 1. The van der Waals surface area contributed by atoms with Crippen LogP contribution >= 0.6 is 0 Å². The van der Waals surface area contributed by atoms with Crippen LogP contribution < -0.4 is 0 Å². The van der Waals surface area contributed by atoms with Crippen LogP contribution in [0.1, 0.15) is 32.8 Å². The molecular formula is C13H15F3O2. The first-order valence-electron chi connectivity index (χ1n) is 5.59. The summed E-state index contributed by atoms with van der Waals surface area (Å²) < 4.78 is 43.8. The first kappa shape index (κ1) is 14.5. The summed E-state index contributed by atoms with van der Waals surface area (Å²) in [4.78, 5) is 11.6. The van der Waals surface area contributed by atoms with Crippen LogP contribution in [-0.4, -0.2) is 5.97 Å². The predicted molar refractivity (Wildman–Crippen MR) is 60.2 cm³/mol. The molecule has 0 aliphatic heterocycles. The van der Waals surface area contributed by atoms with Gasteiger partial charge in [0.1, 0.15) is 6.61 Å². The number of rotatable bonds is 4. The maximum absolute atomic E-state index is 13.3. The molecule has 0 amide bonds. The van der Waals surface area contributed by atoms with E-state index in [1.807, 2.05) is 6.92 Å². The Morgan fingerprint density at radius 3 is 2.39 bits per heavy atom. The molecule has 1 aromatic rings. The molecule has 0 saturated heterocycles. The molecule has 0 atom stereocenters. The molecular weight excluding hydrogens is 245 g/mol. The molecule has 0 radical (unpaired) electrons. The highest BCUT2D eigenvalue weighted by Crippen LogP contribution is 2.23. The van der Waals surface area contributed by atoms with Gasteiger partial charge < -0.3 is 4.74 Å². The first-order valence-corrected chi connectivity index (χ1v) is 5.59. The third-order valence-corrected chi connectivity index (χ3v) is 2.91. The number of benzene rings is 1. The lowest BCUT2D eigenvalue weighted by molar-refractivity contribution is -0.155. The molecule has 0 unspecified atom stereocenters. The second kappa shape index (κ2) is 5.42. The van der Waals surface area contributed by atoms with Gasteiger partial charge >= 0.3 is 5.97 Å². The molecule has 0 saturated carbocycles. The molecule has 2 nitrogen and oxygen atoms in total. The number of ether oxygens (including phenoxy) is 1. The van der Waals surface area contributed by atoms with Gasteiger partial charge in [-0.3, -0.25) is 4.79 Å². The van der Waals surface area contributed by atoms with Gasteiger partial charge in [0.2, 0.25) is 0 Å². The number of halogens is 3. The van der Waals surface area contributed by atoms with Crippen LogP contribution in [0, 0.1) is 22.9 Å². The van der Waals surface area contributed by atoms with Crippen molar-refractivity contribution in [1.29, 1.82) is 0 Å². The third kappa shape index (κ3) is 3.03. The van der Waals surface area contributed by atoms with Gasteiger partial charge in [0.15, 0.2) is 17.5 Å². The quantitative estimate of drug-likeness (QED) is 0.611. The second-order valence-corrected chi connectivity index (χ2v) is 4.65. The minimum Gasteiger partial charge on any atom is -0.460 e. The van der Waals surface area contributed by atoms with E-state index in [1.165, 1.54) is 0 Å². The lowest BCUT2D eigenvalue weighted by Crippen LogP contribution is -2.25. The van der Waals surface area contributed by atoms with Gasteiger partial charge in [0.05, 0.1) is 5.41 Å². The molecule has 0 fully saturated rings. The zero-order valence-electron chi connectivity index (χ0n) is 10.5. The SMILES string of the molecule is CCC(C)(C)C(=O)OCc1ccc(F)c(F)c1F. The molecule has 0 N–H and O–H groups in total. The fraction of sp³-hybridized carbons (Fsp3) is 0.462. The molecule has 1 aromatic carbocycles. The van der Waals surface area contributed by atoms with Crippen molar-refractivity contribution in [2.75, 3.05) is 0 Å². The third-order valence-electron chi connectivity index (χ3n) is 2.91. The number of carbonyl (C=O) groups is 1. The smallest absolute Gasteiger partial charge is 0.311 e. The maximum Gasteiger partial charge on any atom is 0.311 e. The Hall–Kier alpha value is -1.52. The van der Waals surface area contributed by atoms with Crippen LogP contribution in [0.5, 0.6) is 0 Å². The zero-order chi connectivity index (χ0) is 13.9. The topological polar surface area (TPSA) is 26.3 Å². The summed E-state index contributed by atoms with van der Waals surface area (Å²) in [6.07, 6.45) is 0.562. The Bertz CT molecular complexity index is 456. The second-order valence-electron chi connectivity index (χ2n) is 4.65. The van der Waals surface area contributed by atoms with E-state index in [-0.39, 0.29) is 5.56 Å². The van der Waals surface area contributed by atoms with Crippen molar-refractivity contribution in [3.63, 3.8) is 0 Å². The van der Waals surface area contributed by atoms with Crippen molar-refractivity contribution in [3.05, 3.63) is 35.1 Å². The van der Waals surface area contributed by atoms with Gasteiger partial charge in [-0.2, -0.15) is 0 Å².